The molecule has 0 spiro atoms. The minimum absolute atomic E-state index is 0.940. The third-order valence-corrected chi connectivity index (χ3v) is 8.77. The predicted octanol–water partition coefficient (Wildman–Crippen LogP) is 14.1. The highest BCUT2D eigenvalue weighted by Crippen LogP contribution is 2.31. The summed E-state index contributed by atoms with van der Waals surface area (Å²) in [5, 5.41) is 0. The van der Waals surface area contributed by atoms with Crippen LogP contribution in [0.5, 0.6) is 0 Å². The van der Waals surface area contributed by atoms with Crippen LogP contribution in [0.3, 0.4) is 0 Å². The van der Waals surface area contributed by atoms with Crippen LogP contribution in [0.1, 0.15) is 137 Å². The average molecular weight is 600 g/mol. The van der Waals surface area contributed by atoms with Crippen molar-refractivity contribution in [3.05, 3.63) is 102 Å². The number of hydrogen-bond acceptors (Lipinski definition) is 1. The summed E-state index contributed by atoms with van der Waals surface area (Å²) in [6.45, 7) is 32.3. The number of likely N-dealkylation sites (N-methyl/N-ethyl adjacent to an activating group) is 1. The molecule has 0 aliphatic heterocycles. The largest absolute Gasteiger partial charge is 0.345 e. The predicted molar refractivity (Wildman–Crippen MR) is 204 cm³/mol. The Morgan fingerprint density at radius 1 is 0.864 bits per heavy atom. The molecule has 3 rings (SSSR count). The van der Waals surface area contributed by atoms with Crippen LogP contribution in [0, 0.1) is 24.7 Å². The topological polar surface area (TPSA) is 3.24 Å². The van der Waals surface area contributed by atoms with E-state index in [0.717, 1.165) is 40.3 Å². The van der Waals surface area contributed by atoms with E-state index in [0.29, 0.717) is 0 Å². The van der Waals surface area contributed by atoms with Gasteiger partial charge in [0.15, 0.2) is 0 Å². The van der Waals surface area contributed by atoms with E-state index in [1.165, 1.54) is 73.6 Å². The van der Waals surface area contributed by atoms with E-state index in [1.54, 1.807) is 0 Å². The Kier molecular flexibility index (Phi) is 22.1. The van der Waals surface area contributed by atoms with Crippen molar-refractivity contribution in [2.45, 2.75) is 128 Å². The van der Waals surface area contributed by atoms with Gasteiger partial charge in [0.2, 0.25) is 0 Å². The summed E-state index contributed by atoms with van der Waals surface area (Å²) in [5.74, 6) is 3.07. The Balaban J connectivity index is 0.000000841. The molecule has 0 heterocycles. The second-order valence-electron chi connectivity index (χ2n) is 12.4. The lowest BCUT2D eigenvalue weighted by Gasteiger charge is -2.24. The molecular weight excluding hydrogens is 530 g/mol. The molecule has 1 aliphatic rings. The Hall–Kier alpha value is -2.80. The maximum Gasteiger partial charge on any atom is 0.0438 e. The molecule has 0 aromatic heterocycles. The highest BCUT2D eigenvalue weighted by molar-refractivity contribution is 5.69. The first kappa shape index (κ1) is 41.2. The molecule has 44 heavy (non-hydrogen) atoms. The number of aryl methyl sites for hydroxylation is 1. The second-order valence-corrected chi connectivity index (χ2v) is 12.4. The van der Waals surface area contributed by atoms with Crippen LogP contribution in [-0.2, 0) is 0 Å². The lowest BCUT2D eigenvalue weighted by atomic mass is 9.85. The molecule has 0 bridgehead atoms. The van der Waals surface area contributed by atoms with Crippen molar-refractivity contribution in [2.24, 2.45) is 17.8 Å². The summed E-state index contributed by atoms with van der Waals surface area (Å²) < 4.78 is 0. The molecule has 2 aromatic rings. The first-order valence-electron chi connectivity index (χ1n) is 17.6. The Labute approximate surface area is 275 Å². The fraction of sp³-hybridized carbons (Fsp3) is 0.535. The van der Waals surface area contributed by atoms with E-state index in [-0.39, 0.29) is 0 Å². The summed E-state index contributed by atoms with van der Waals surface area (Å²) in [6, 6.07) is 16.9. The lowest BCUT2D eigenvalue weighted by molar-refractivity contribution is 0.302. The Morgan fingerprint density at radius 3 is 1.84 bits per heavy atom. The SMILES string of the molecule is C=C(C)c1ccc(N(C)C(=C)/C(C)=C/C=C(\C)c2ccccc2)c(C)c1.CC.CCC1CC1.CCCC(CCC)[C@H](C)CC. The maximum atomic E-state index is 4.29. The minimum atomic E-state index is 0.940. The summed E-state index contributed by atoms with van der Waals surface area (Å²) in [4.78, 5) is 2.15. The zero-order valence-corrected chi connectivity index (χ0v) is 31.0. The molecule has 246 valence electrons. The van der Waals surface area contributed by atoms with Crippen LogP contribution >= 0.6 is 0 Å². The first-order chi connectivity index (χ1) is 21.0. The van der Waals surface area contributed by atoms with Gasteiger partial charge >= 0.3 is 0 Å². The number of rotatable bonds is 13. The maximum absolute atomic E-state index is 4.29. The molecule has 0 amide bonds. The zero-order valence-electron chi connectivity index (χ0n) is 31.0. The third kappa shape index (κ3) is 15.8. The molecule has 1 nitrogen and oxygen atoms in total. The first-order valence-corrected chi connectivity index (χ1v) is 17.6. The highest BCUT2D eigenvalue weighted by Gasteiger charge is 2.17. The van der Waals surface area contributed by atoms with Gasteiger partial charge in [-0.1, -0.05) is 167 Å². The summed E-state index contributed by atoms with van der Waals surface area (Å²) in [7, 11) is 2.07. The van der Waals surface area contributed by atoms with Crippen LogP contribution in [0.4, 0.5) is 5.69 Å². The van der Waals surface area contributed by atoms with Crippen molar-refractivity contribution in [3.63, 3.8) is 0 Å². The molecule has 0 N–H and O–H groups in total. The number of nitrogens with zero attached hydrogens (tertiary/aromatic N) is 1. The fourth-order valence-corrected chi connectivity index (χ4v) is 5.17. The van der Waals surface area contributed by atoms with Crippen LogP contribution < -0.4 is 4.90 Å². The van der Waals surface area contributed by atoms with Gasteiger partial charge in [0.05, 0.1) is 0 Å². The number of benzene rings is 2. The van der Waals surface area contributed by atoms with E-state index in [1.807, 2.05) is 26.8 Å². The zero-order chi connectivity index (χ0) is 33.7. The molecule has 0 unspecified atom stereocenters. The van der Waals surface area contributed by atoms with Gasteiger partial charge in [0.25, 0.3) is 0 Å². The summed E-state index contributed by atoms with van der Waals surface area (Å²) in [5.41, 5.74) is 9.26. The molecule has 1 aliphatic carbocycles. The number of anilines is 1. The Morgan fingerprint density at radius 2 is 1.43 bits per heavy atom. The monoisotopic (exact) mass is 600 g/mol. The quantitative estimate of drug-likeness (QED) is 0.207. The molecule has 1 heteroatoms. The van der Waals surface area contributed by atoms with Gasteiger partial charge in [-0.2, -0.15) is 0 Å². The number of allylic oxidation sites excluding steroid dienone is 5. The van der Waals surface area contributed by atoms with Crippen LogP contribution in [0.25, 0.3) is 11.1 Å². The van der Waals surface area contributed by atoms with Gasteiger partial charge in [-0.25, -0.2) is 0 Å². The smallest absolute Gasteiger partial charge is 0.0438 e. The van der Waals surface area contributed by atoms with Crippen molar-refractivity contribution in [2.75, 3.05) is 11.9 Å². The van der Waals surface area contributed by atoms with Crippen molar-refractivity contribution < 1.29 is 0 Å². The molecule has 0 saturated heterocycles. The van der Waals surface area contributed by atoms with Crippen molar-refractivity contribution >= 4 is 16.8 Å². The standard InChI is InChI=1S/C25H29N.C11H24.C5H10.C2H6/c1-18(2)24-15-16-25(21(5)17-24)26(7)22(6)19(3)13-14-20(4)23-11-9-8-10-12-23;1-5-8-11(9-6-2)10(4)7-3;1-2-5-3-4-5;1-2/h8-17H,1,6H2,2-5,7H3;10-11H,5-9H2,1-4H3;5H,2-4H2,1H3;1-2H3/b19-13+,20-14+;;;/t;10-;;/m.1../s1. The fourth-order valence-electron chi connectivity index (χ4n) is 5.17. The van der Waals surface area contributed by atoms with E-state index in [2.05, 4.69) is 135 Å². The van der Waals surface area contributed by atoms with Crippen LogP contribution in [0.15, 0.2) is 85.1 Å². The van der Waals surface area contributed by atoms with Crippen molar-refractivity contribution in [3.8, 4) is 0 Å². The van der Waals surface area contributed by atoms with Crippen LogP contribution in [0.2, 0.25) is 0 Å². The van der Waals surface area contributed by atoms with E-state index in [9.17, 15) is 0 Å². The highest BCUT2D eigenvalue weighted by atomic mass is 15.1. The average Bonchev–Trinajstić information content (AvgIpc) is 3.89. The van der Waals surface area contributed by atoms with Gasteiger partial charge in [-0.15, -0.1) is 0 Å². The molecule has 2 aromatic carbocycles. The van der Waals surface area contributed by atoms with Gasteiger partial charge in [0.1, 0.15) is 0 Å². The second kappa shape index (κ2) is 23.6. The van der Waals surface area contributed by atoms with Gasteiger partial charge in [0, 0.05) is 18.4 Å². The summed E-state index contributed by atoms with van der Waals surface area (Å²) in [6.07, 6.45) is 15.7. The normalized spacial score (nSPS) is 13.4. The third-order valence-electron chi connectivity index (χ3n) is 8.77. The van der Waals surface area contributed by atoms with Crippen LogP contribution in [-0.4, -0.2) is 7.05 Å². The van der Waals surface area contributed by atoms with Gasteiger partial charge in [-0.05, 0) is 85.4 Å². The molecule has 0 radical (unpaired) electrons. The van der Waals surface area contributed by atoms with Crippen molar-refractivity contribution in [1.82, 2.24) is 0 Å². The van der Waals surface area contributed by atoms with Gasteiger partial charge in [-0.3, -0.25) is 0 Å². The molecule has 1 atom stereocenters. The molecular formula is C43H69N. The van der Waals surface area contributed by atoms with Crippen molar-refractivity contribution in [1.29, 1.82) is 0 Å². The van der Waals surface area contributed by atoms with E-state index >= 15 is 0 Å². The molecule has 1 saturated carbocycles. The lowest BCUT2D eigenvalue weighted by Crippen LogP contribution is -2.17. The number of hydrogen-bond donors (Lipinski definition) is 0. The summed E-state index contributed by atoms with van der Waals surface area (Å²) >= 11 is 0. The molecule has 1 fully saturated rings. The van der Waals surface area contributed by atoms with E-state index < -0.39 is 0 Å². The van der Waals surface area contributed by atoms with Gasteiger partial charge < -0.3 is 4.90 Å². The minimum Gasteiger partial charge on any atom is -0.345 e. The van der Waals surface area contributed by atoms with E-state index in [4.69, 9.17) is 0 Å². The Bertz CT molecular complexity index is 1120.